The first-order chi connectivity index (χ1) is 9.54. The summed E-state index contributed by atoms with van der Waals surface area (Å²) in [5.41, 5.74) is 0.642. The van der Waals surface area contributed by atoms with E-state index in [-0.39, 0.29) is 23.6 Å². The van der Waals surface area contributed by atoms with E-state index in [2.05, 4.69) is 15.4 Å². The smallest absolute Gasteiger partial charge is 0.306 e. The summed E-state index contributed by atoms with van der Waals surface area (Å²) >= 11 is 1.08. The molecule has 0 saturated carbocycles. The van der Waals surface area contributed by atoms with Crippen molar-refractivity contribution < 1.29 is 10.0 Å². The van der Waals surface area contributed by atoms with E-state index >= 15 is 0 Å². The molecule has 1 unspecified atom stereocenters. The molecule has 9 nitrogen and oxygen atoms in total. The fraction of sp³-hybridized carbons (Fsp3) is 0.400. The van der Waals surface area contributed by atoms with E-state index in [1.807, 2.05) is 0 Å². The van der Waals surface area contributed by atoms with Crippen LogP contribution in [0, 0.1) is 10.1 Å². The van der Waals surface area contributed by atoms with Gasteiger partial charge < -0.3 is 15.4 Å². The van der Waals surface area contributed by atoms with Crippen molar-refractivity contribution in [1.29, 1.82) is 0 Å². The number of aromatic amines is 1. The van der Waals surface area contributed by atoms with Crippen LogP contribution in [0.15, 0.2) is 22.6 Å². The van der Waals surface area contributed by atoms with Gasteiger partial charge in [-0.25, -0.2) is 0 Å². The molecule has 20 heavy (non-hydrogen) atoms. The van der Waals surface area contributed by atoms with Crippen molar-refractivity contribution in [2.45, 2.75) is 19.2 Å². The number of rotatable bonds is 7. The van der Waals surface area contributed by atoms with Gasteiger partial charge in [0.1, 0.15) is 12.4 Å². The van der Waals surface area contributed by atoms with Crippen molar-refractivity contribution in [3.63, 3.8) is 0 Å². The molecule has 2 aromatic rings. The lowest BCUT2D eigenvalue weighted by Crippen LogP contribution is -2.30. The maximum atomic E-state index is 10.9. The van der Waals surface area contributed by atoms with Gasteiger partial charge in [0, 0.05) is 24.2 Å². The second kappa shape index (κ2) is 6.41. The summed E-state index contributed by atoms with van der Waals surface area (Å²) in [4.78, 5) is 23.4. The third-order valence-corrected chi connectivity index (χ3v) is 3.21. The van der Waals surface area contributed by atoms with E-state index in [4.69, 9.17) is 0 Å². The van der Waals surface area contributed by atoms with Crippen LogP contribution in [0.5, 0.6) is 0 Å². The van der Waals surface area contributed by atoms with Crippen LogP contribution in [0.2, 0.25) is 0 Å². The van der Waals surface area contributed by atoms with Gasteiger partial charge in [-0.15, -0.1) is 0 Å². The predicted octanol–water partition coefficient (Wildman–Crippen LogP) is -0.308. The van der Waals surface area contributed by atoms with Gasteiger partial charge in [-0.2, -0.15) is 5.10 Å². The number of nitrogens with one attached hydrogen (secondary N) is 2. The molecule has 0 aliphatic carbocycles. The van der Waals surface area contributed by atoms with Crippen molar-refractivity contribution >= 4 is 17.0 Å². The normalized spacial score (nSPS) is 12.4. The van der Waals surface area contributed by atoms with Crippen molar-refractivity contribution in [2.75, 3.05) is 6.54 Å². The van der Waals surface area contributed by atoms with Gasteiger partial charge in [-0.05, 0) is 0 Å². The number of aliphatic hydroxyl groups is 1. The fourth-order valence-corrected chi connectivity index (χ4v) is 2.18. The third kappa shape index (κ3) is 3.98. The standard InChI is InChI=1S/C10H13N5O4S/c16-9(3-11-1-7-6-20-10(17)13-7)5-14-4-8(2-12-14)15(18)19/h2,4,6,9,11,16H,1,3,5H2,(H,13,17). The molecule has 3 N–H and O–H groups in total. The van der Waals surface area contributed by atoms with Crippen molar-refractivity contribution in [1.82, 2.24) is 20.1 Å². The number of nitrogens with zero attached hydrogens (tertiary/aromatic N) is 3. The third-order valence-electron chi connectivity index (χ3n) is 2.49. The highest BCUT2D eigenvalue weighted by molar-refractivity contribution is 7.07. The Morgan fingerprint density at radius 2 is 2.45 bits per heavy atom. The maximum Gasteiger partial charge on any atom is 0.306 e. The fourth-order valence-electron chi connectivity index (χ4n) is 1.60. The highest BCUT2D eigenvalue weighted by Crippen LogP contribution is 2.07. The molecule has 0 saturated heterocycles. The first-order valence-electron chi connectivity index (χ1n) is 5.77. The van der Waals surface area contributed by atoms with E-state index in [0.717, 1.165) is 23.2 Å². The van der Waals surface area contributed by atoms with Crippen LogP contribution < -0.4 is 10.2 Å². The Balaban J connectivity index is 1.75. The molecule has 10 heteroatoms. The molecule has 108 valence electrons. The Bertz CT molecular complexity index is 633. The number of hydrogen-bond donors (Lipinski definition) is 3. The molecule has 0 bridgehead atoms. The minimum atomic E-state index is -0.736. The SMILES string of the molecule is O=c1[nH]c(CNCC(O)Cn2cc([N+](=O)[O-])cn2)cs1. The number of aliphatic hydroxyl groups excluding tert-OH is 1. The lowest BCUT2D eigenvalue weighted by atomic mass is 10.3. The molecule has 0 spiro atoms. The molecule has 0 aliphatic heterocycles. The van der Waals surface area contributed by atoms with E-state index < -0.39 is 11.0 Å². The van der Waals surface area contributed by atoms with Crippen LogP contribution in [0.4, 0.5) is 5.69 Å². The van der Waals surface area contributed by atoms with Crippen LogP contribution in [0.1, 0.15) is 5.69 Å². The summed E-state index contributed by atoms with van der Waals surface area (Å²) in [6.45, 7) is 0.877. The van der Waals surface area contributed by atoms with Gasteiger partial charge in [0.25, 0.3) is 0 Å². The van der Waals surface area contributed by atoms with Gasteiger partial charge in [0.15, 0.2) is 0 Å². The minimum Gasteiger partial charge on any atom is -0.390 e. The lowest BCUT2D eigenvalue weighted by molar-refractivity contribution is -0.385. The minimum absolute atomic E-state index is 0.110. The van der Waals surface area contributed by atoms with E-state index in [0.29, 0.717) is 6.54 Å². The number of H-pyrrole nitrogens is 1. The summed E-state index contributed by atoms with van der Waals surface area (Å²) in [7, 11) is 0. The highest BCUT2D eigenvalue weighted by atomic mass is 32.1. The predicted molar refractivity (Wildman–Crippen MR) is 71.5 cm³/mol. The second-order valence-corrected chi connectivity index (χ2v) is 4.98. The number of aromatic nitrogens is 3. The van der Waals surface area contributed by atoms with Crippen LogP contribution >= 0.6 is 11.3 Å². The molecular weight excluding hydrogens is 286 g/mol. The van der Waals surface area contributed by atoms with Gasteiger partial charge in [0.2, 0.25) is 0 Å². The van der Waals surface area contributed by atoms with E-state index in [9.17, 15) is 20.0 Å². The van der Waals surface area contributed by atoms with Gasteiger partial charge >= 0.3 is 10.6 Å². The summed E-state index contributed by atoms with van der Waals surface area (Å²) in [6.07, 6.45) is 1.66. The monoisotopic (exact) mass is 299 g/mol. The molecule has 0 fully saturated rings. The molecule has 0 aliphatic rings. The first kappa shape index (κ1) is 14.4. The Labute approximate surface area is 117 Å². The molecule has 2 heterocycles. The van der Waals surface area contributed by atoms with Gasteiger partial charge in [-0.3, -0.25) is 19.6 Å². The van der Waals surface area contributed by atoms with Gasteiger partial charge in [-0.1, -0.05) is 11.3 Å². The molecule has 1 atom stereocenters. The largest absolute Gasteiger partial charge is 0.390 e. The quantitative estimate of drug-likeness (QED) is 0.475. The number of thiazole rings is 1. The molecule has 2 aromatic heterocycles. The molecule has 0 aromatic carbocycles. The Kier molecular flexibility index (Phi) is 4.61. The number of hydrogen-bond acceptors (Lipinski definition) is 7. The van der Waals surface area contributed by atoms with Crippen LogP contribution in [0.25, 0.3) is 0 Å². The molecular formula is C10H13N5O4S. The number of nitro groups is 1. The molecule has 2 rings (SSSR count). The first-order valence-corrected chi connectivity index (χ1v) is 6.65. The van der Waals surface area contributed by atoms with Crippen LogP contribution in [0.3, 0.4) is 0 Å². The zero-order valence-corrected chi connectivity index (χ0v) is 11.2. The summed E-state index contributed by atoms with van der Waals surface area (Å²) in [6, 6.07) is 0. The Hall–Kier alpha value is -2.04. The van der Waals surface area contributed by atoms with Crippen molar-refractivity contribution in [3.8, 4) is 0 Å². The summed E-state index contributed by atoms with van der Waals surface area (Å²) in [5.74, 6) is 0. The van der Waals surface area contributed by atoms with Crippen LogP contribution in [-0.2, 0) is 13.1 Å². The molecule has 0 amide bonds. The zero-order valence-electron chi connectivity index (χ0n) is 10.4. The zero-order chi connectivity index (χ0) is 14.5. The maximum absolute atomic E-state index is 10.9. The van der Waals surface area contributed by atoms with Crippen molar-refractivity contribution in [3.05, 3.63) is 43.2 Å². The average Bonchev–Trinajstić information content (AvgIpc) is 2.99. The average molecular weight is 299 g/mol. The molecule has 0 radical (unpaired) electrons. The highest BCUT2D eigenvalue weighted by Gasteiger charge is 2.11. The van der Waals surface area contributed by atoms with Gasteiger partial charge in [0.05, 0.1) is 17.6 Å². The van der Waals surface area contributed by atoms with E-state index in [1.165, 1.54) is 10.9 Å². The second-order valence-electron chi connectivity index (χ2n) is 4.14. The van der Waals surface area contributed by atoms with E-state index in [1.54, 1.807) is 5.38 Å². The topological polar surface area (TPSA) is 126 Å². The Morgan fingerprint density at radius 3 is 3.05 bits per heavy atom. The van der Waals surface area contributed by atoms with Crippen molar-refractivity contribution in [2.24, 2.45) is 0 Å². The lowest BCUT2D eigenvalue weighted by Gasteiger charge is -2.11. The summed E-state index contributed by atoms with van der Waals surface area (Å²) in [5, 5.41) is 28.7. The Morgan fingerprint density at radius 1 is 1.65 bits per heavy atom. The summed E-state index contributed by atoms with van der Waals surface area (Å²) < 4.78 is 1.32. The van der Waals surface area contributed by atoms with Crippen LogP contribution in [-0.4, -0.2) is 37.4 Å².